The summed E-state index contributed by atoms with van der Waals surface area (Å²) in [4.78, 5) is 46.0. The number of nitrogens with two attached hydrogens (primary N) is 1. The fraction of sp³-hybridized carbons (Fsp3) is 0.256. The van der Waals surface area contributed by atoms with E-state index in [9.17, 15) is 52.1 Å². The molecule has 1 aliphatic heterocycles. The number of rotatable bonds is 20. The van der Waals surface area contributed by atoms with E-state index < -0.39 is 62.1 Å². The average molecular weight is 1510 g/mol. The molecule has 0 aliphatic carbocycles. The number of aromatic amines is 4. The zero-order valence-electron chi connectivity index (χ0n) is 68.2. The molecule has 111 heavy (non-hydrogen) atoms. The number of primary amides is 1. The van der Waals surface area contributed by atoms with Crippen LogP contribution in [0.4, 0.5) is 17.6 Å². The number of halogens is 4. The summed E-state index contributed by atoms with van der Waals surface area (Å²) in [6.07, 6.45) is -0.689. The fourth-order valence-corrected chi connectivity index (χ4v) is 15.1. The number of carboxylic acid groups (broad SMARTS) is 3. The molecular weight excluding hydrogens is 1420 g/mol. The molecule has 17 rings (SSSR count). The minimum atomic E-state index is -2.47. The number of ether oxygens (including phenoxy) is 1. The lowest BCUT2D eigenvalue weighted by atomic mass is 9.91. The maximum absolute atomic E-state index is 13.7. The number of carbonyl (C=O) groups excluding carboxylic acids is 1. The van der Waals surface area contributed by atoms with Gasteiger partial charge < -0.3 is 44.1 Å². The Kier molecular flexibility index (Phi) is 19.1. The van der Waals surface area contributed by atoms with Crippen molar-refractivity contribution in [1.82, 2.24) is 59.1 Å². The number of fused-ring (bicyclic) bond motifs is 8. The third kappa shape index (κ3) is 15.5. The van der Waals surface area contributed by atoms with Crippen LogP contribution in [0, 0.1) is 23.3 Å². The van der Waals surface area contributed by atoms with Gasteiger partial charge in [-0.3, -0.25) is 39.6 Å². The second-order valence-corrected chi connectivity index (χ2v) is 28.1. The molecule has 21 nitrogen and oxygen atoms in total. The summed E-state index contributed by atoms with van der Waals surface area (Å²) in [6.45, 7) is 12.9. The van der Waals surface area contributed by atoms with E-state index in [4.69, 9.17) is 20.1 Å². The Morgan fingerprint density at radius 2 is 0.775 bits per heavy atom. The number of hydrogen-bond acceptors (Lipinski definition) is 9. The van der Waals surface area contributed by atoms with Crippen LogP contribution in [0.1, 0.15) is 158 Å². The topological polar surface area (TPSA) is 299 Å². The number of nitrogens with one attached hydrogen (secondary N) is 4. The molecule has 1 aliphatic rings. The third-order valence-electron chi connectivity index (χ3n) is 19.8. The Hall–Kier alpha value is -12.6. The van der Waals surface area contributed by atoms with Crippen molar-refractivity contribution in [2.45, 2.75) is 129 Å². The second kappa shape index (κ2) is 31.9. The predicted molar refractivity (Wildman–Crippen MR) is 422 cm³/mol. The van der Waals surface area contributed by atoms with Crippen LogP contribution in [0.15, 0.2) is 170 Å². The van der Waals surface area contributed by atoms with Crippen LogP contribution >= 0.6 is 0 Å². The lowest BCUT2D eigenvalue weighted by Crippen LogP contribution is -2.19. The highest BCUT2D eigenvalue weighted by Crippen LogP contribution is 2.43. The normalized spacial score (nSPS) is 14.7. The first-order valence-electron chi connectivity index (χ1n) is 39.8. The molecule has 1 fully saturated rings. The SMILES string of the molecule is NC(=O)CCc1c(C2CCOCC2)n(-c2ccc(F)cc2)c2cc3cn[nH]c3cc12.[2H]C(C(=O)O)C([2H])([2H])c1c(C(C)C)n(-c2ccc(F)cc2)c2cc3cn[nH]c3cc12.[2H]C(C(=O)O)C([2H])c1c(C(C)C)n(-c2ccc(F)cc2)c2cc3cn[nH]c3cc12.[2H]C([2H])(CC(=O)O)c1c(C(C)C)n(-c2ccc(F)cc2)c2cc3cn[nH]c3cc12. The van der Waals surface area contributed by atoms with Crippen LogP contribution in [0.25, 0.3) is 110 Å². The second-order valence-electron chi connectivity index (χ2n) is 28.1. The fourth-order valence-electron chi connectivity index (χ4n) is 15.1. The van der Waals surface area contributed by atoms with E-state index in [0.717, 1.165) is 89.8 Å². The Balaban J connectivity index is 0.000000129. The number of H-pyrrole nitrogens is 4. The monoisotopic (exact) mass is 1510 g/mol. The molecular formula is C86H83F4N13O8. The van der Waals surface area contributed by atoms with Crippen molar-refractivity contribution in [3.05, 3.63) is 239 Å². The predicted octanol–water partition coefficient (Wildman–Crippen LogP) is 18.3. The number of aryl methyl sites for hydroxylation is 4. The molecule has 16 aromatic rings. The molecule has 1 saturated heterocycles. The van der Waals surface area contributed by atoms with Gasteiger partial charge in [-0.05, 0) is 224 Å². The highest BCUT2D eigenvalue weighted by Gasteiger charge is 2.30. The first-order chi connectivity index (χ1) is 56.2. The van der Waals surface area contributed by atoms with E-state index in [0.29, 0.717) is 86.4 Å². The molecule has 1 amide bonds. The van der Waals surface area contributed by atoms with Gasteiger partial charge in [0.25, 0.3) is 0 Å². The van der Waals surface area contributed by atoms with Gasteiger partial charge in [0.2, 0.25) is 5.91 Å². The van der Waals surface area contributed by atoms with Gasteiger partial charge in [-0.15, -0.1) is 0 Å². The molecule has 9 heterocycles. The van der Waals surface area contributed by atoms with Crippen LogP contribution in [0.2, 0.25) is 0 Å². The molecule has 25 heteroatoms. The van der Waals surface area contributed by atoms with Gasteiger partial charge in [0, 0.05) is 143 Å². The van der Waals surface area contributed by atoms with Gasteiger partial charge in [0.15, 0.2) is 0 Å². The van der Waals surface area contributed by atoms with Gasteiger partial charge in [-0.2, -0.15) is 20.4 Å². The molecule has 3 atom stereocenters. The third-order valence-corrected chi connectivity index (χ3v) is 19.8. The Bertz CT molecular complexity index is 6480. The molecule has 0 radical (unpaired) electrons. The van der Waals surface area contributed by atoms with E-state index in [2.05, 4.69) is 57.5 Å². The molecule has 8 aromatic heterocycles. The summed E-state index contributed by atoms with van der Waals surface area (Å²) in [5, 5.41) is 62.3. The van der Waals surface area contributed by atoms with E-state index in [1.54, 1.807) is 85.5 Å². The Labute approximate surface area is 643 Å². The van der Waals surface area contributed by atoms with Crippen molar-refractivity contribution in [1.29, 1.82) is 0 Å². The molecule has 8 aromatic carbocycles. The highest BCUT2D eigenvalue weighted by atomic mass is 19.1. The largest absolute Gasteiger partial charge is 0.481 e. The minimum Gasteiger partial charge on any atom is -0.481 e. The van der Waals surface area contributed by atoms with Crippen molar-refractivity contribution in [2.24, 2.45) is 5.73 Å². The van der Waals surface area contributed by atoms with E-state index in [1.165, 1.54) is 54.2 Å². The lowest BCUT2D eigenvalue weighted by molar-refractivity contribution is -0.138. The number of aliphatic carboxylic acids is 3. The summed E-state index contributed by atoms with van der Waals surface area (Å²) in [5.74, 6) is -5.89. The Morgan fingerprint density at radius 1 is 0.450 bits per heavy atom. The highest BCUT2D eigenvalue weighted by molar-refractivity contribution is 6.02. The number of carbonyl (C=O) groups is 4. The van der Waals surface area contributed by atoms with E-state index in [1.807, 2.05) is 79.5 Å². The summed E-state index contributed by atoms with van der Waals surface area (Å²) in [7, 11) is 0. The molecule has 0 saturated carbocycles. The molecule has 9 N–H and O–H groups in total. The van der Waals surface area contributed by atoms with Gasteiger partial charge in [-0.1, -0.05) is 41.5 Å². The number of aromatic nitrogens is 12. The van der Waals surface area contributed by atoms with Crippen molar-refractivity contribution < 1.29 is 66.4 Å². The van der Waals surface area contributed by atoms with Crippen LogP contribution in [-0.4, -0.2) is 111 Å². The number of carboxylic acids is 3. The smallest absolute Gasteiger partial charge is 0.303 e. The van der Waals surface area contributed by atoms with Crippen LogP contribution in [-0.2, 0) is 49.5 Å². The summed E-state index contributed by atoms with van der Waals surface area (Å²) in [6, 6.07) is 39.6. The van der Waals surface area contributed by atoms with E-state index in [-0.39, 0.29) is 59.0 Å². The zero-order chi connectivity index (χ0) is 84.2. The summed E-state index contributed by atoms with van der Waals surface area (Å²) >= 11 is 0. The zero-order valence-corrected chi connectivity index (χ0v) is 61.2. The first-order valence-corrected chi connectivity index (χ1v) is 36.1. The van der Waals surface area contributed by atoms with Gasteiger partial charge in [0.05, 0.1) is 68.9 Å². The molecule has 0 spiro atoms. The molecule has 0 bridgehead atoms. The van der Waals surface area contributed by atoms with Crippen LogP contribution < -0.4 is 5.73 Å². The standard InChI is InChI=1S/C23H23FN4O2.3C21H20FN3O2/c24-16-1-3-17(4-2-16)28-21-11-15-13-26-27-20(15)12-19(21)18(5-6-22(25)29)23(28)14-7-9-30-10-8-14;3*1-12(2)21-16(7-8-20(26)27)17-10-18-13(11-23-24-18)9-19(17)25(21)15-5-3-14(22)4-6-15/h1-4,11-14H,5-10H2,(H2,25,29)(H,26,27);3*3-6,9-12H,7-8H2,1-2H3,(H,23,24)(H,26,27)/i;7D2,8D;7D,8D;7D2. The van der Waals surface area contributed by atoms with Crippen LogP contribution in [0.3, 0.4) is 0 Å². The summed E-state index contributed by atoms with van der Waals surface area (Å²) in [5.41, 5.74) is 19.9. The number of hydrogen-bond donors (Lipinski definition) is 8. The van der Waals surface area contributed by atoms with Crippen molar-refractivity contribution >= 4 is 111 Å². The van der Waals surface area contributed by atoms with Crippen molar-refractivity contribution in [3.63, 3.8) is 0 Å². The van der Waals surface area contributed by atoms with Gasteiger partial charge in [0.1, 0.15) is 23.3 Å². The number of benzene rings is 8. The molecule has 568 valence electrons. The van der Waals surface area contributed by atoms with Gasteiger partial charge >= 0.3 is 17.9 Å². The van der Waals surface area contributed by atoms with Crippen molar-refractivity contribution in [3.8, 4) is 22.7 Å². The Morgan fingerprint density at radius 3 is 1.12 bits per heavy atom. The maximum atomic E-state index is 13.7. The lowest BCUT2D eigenvalue weighted by Gasteiger charge is -2.25. The van der Waals surface area contributed by atoms with Gasteiger partial charge in [-0.25, -0.2) is 17.6 Å². The van der Waals surface area contributed by atoms with Crippen LogP contribution in [0.5, 0.6) is 0 Å². The quantitative estimate of drug-likeness (QED) is 0.0331. The average Bonchev–Trinajstić information content (AvgIpc) is 1.84. The number of amides is 1. The van der Waals surface area contributed by atoms with E-state index >= 15 is 0 Å². The maximum Gasteiger partial charge on any atom is 0.303 e. The minimum absolute atomic E-state index is 0.0623. The molecule has 3 unspecified atom stereocenters. The first kappa shape index (κ1) is 66.6. The number of nitrogens with zero attached hydrogens (tertiary/aromatic N) is 8. The van der Waals surface area contributed by atoms with Crippen molar-refractivity contribution in [2.75, 3.05) is 13.2 Å². The summed E-state index contributed by atoms with van der Waals surface area (Å²) < 4.78 is 127.